The van der Waals surface area contributed by atoms with Crippen molar-refractivity contribution in [1.82, 2.24) is 5.32 Å². The van der Waals surface area contributed by atoms with Crippen LogP contribution in [0.3, 0.4) is 0 Å². The molecule has 2 aromatic carbocycles. The van der Waals surface area contributed by atoms with Gasteiger partial charge in [0, 0.05) is 37.4 Å². The molecule has 0 amide bonds. The Kier molecular flexibility index (Phi) is 6.93. The molecule has 146 valence electrons. The van der Waals surface area contributed by atoms with E-state index in [1.54, 1.807) is 19.2 Å². The molecule has 0 unspecified atom stereocenters. The largest absolute Gasteiger partial charge is 0.493 e. The van der Waals surface area contributed by atoms with E-state index in [-0.39, 0.29) is 5.82 Å². The number of methoxy groups -OCH3 is 1. The molecule has 3 rings (SSSR count). The van der Waals surface area contributed by atoms with Gasteiger partial charge in [0.2, 0.25) is 0 Å². The molecule has 0 saturated carbocycles. The Morgan fingerprint density at radius 2 is 1.89 bits per heavy atom. The molecule has 1 aliphatic heterocycles. The highest BCUT2D eigenvalue weighted by molar-refractivity contribution is 5.55. The molecular formula is C22H29FN2O2. The highest BCUT2D eigenvalue weighted by Gasteiger charge is 2.17. The lowest BCUT2D eigenvalue weighted by molar-refractivity contribution is 0.294. The summed E-state index contributed by atoms with van der Waals surface area (Å²) in [5.74, 6) is 1.34. The van der Waals surface area contributed by atoms with Gasteiger partial charge in [-0.15, -0.1) is 0 Å². The molecule has 1 fully saturated rings. The molecule has 1 N–H and O–H groups in total. The van der Waals surface area contributed by atoms with Crippen molar-refractivity contribution in [3.63, 3.8) is 0 Å². The van der Waals surface area contributed by atoms with Crippen LogP contribution in [0.4, 0.5) is 10.1 Å². The Morgan fingerprint density at radius 3 is 2.63 bits per heavy atom. The first-order valence-corrected chi connectivity index (χ1v) is 9.75. The molecule has 5 heteroatoms. The van der Waals surface area contributed by atoms with Crippen molar-refractivity contribution in [2.45, 2.75) is 39.3 Å². The van der Waals surface area contributed by atoms with Gasteiger partial charge in [0.1, 0.15) is 5.82 Å². The van der Waals surface area contributed by atoms with Crippen molar-refractivity contribution in [1.29, 1.82) is 0 Å². The lowest BCUT2D eigenvalue weighted by Crippen LogP contribution is -2.22. The van der Waals surface area contributed by atoms with Gasteiger partial charge in [-0.3, -0.25) is 0 Å². The maximum Gasteiger partial charge on any atom is 0.161 e. The summed E-state index contributed by atoms with van der Waals surface area (Å²) in [4.78, 5) is 2.28. The Morgan fingerprint density at radius 1 is 1.07 bits per heavy atom. The van der Waals surface area contributed by atoms with Crippen molar-refractivity contribution in [2.75, 3.05) is 31.7 Å². The van der Waals surface area contributed by atoms with Crippen LogP contribution in [0.15, 0.2) is 36.4 Å². The number of anilines is 1. The van der Waals surface area contributed by atoms with Crippen LogP contribution < -0.4 is 19.7 Å². The van der Waals surface area contributed by atoms with E-state index in [0.717, 1.165) is 47.8 Å². The van der Waals surface area contributed by atoms with Crippen molar-refractivity contribution in [3.05, 3.63) is 53.3 Å². The van der Waals surface area contributed by atoms with Crippen LogP contribution in [0.2, 0.25) is 0 Å². The molecule has 1 heterocycles. The number of nitrogens with zero attached hydrogens (tertiary/aromatic N) is 1. The summed E-state index contributed by atoms with van der Waals surface area (Å²) in [6.07, 6.45) is 3.31. The molecule has 1 saturated heterocycles. The molecule has 27 heavy (non-hydrogen) atoms. The van der Waals surface area contributed by atoms with Crippen LogP contribution in [0.1, 0.15) is 37.3 Å². The Balaban J connectivity index is 1.64. The monoisotopic (exact) mass is 372 g/mol. The lowest BCUT2D eigenvalue weighted by atomic mass is 10.1. The molecule has 0 aliphatic carbocycles. The molecular weight excluding hydrogens is 343 g/mol. The van der Waals surface area contributed by atoms with E-state index in [4.69, 9.17) is 9.47 Å². The maximum absolute atomic E-state index is 14.4. The zero-order chi connectivity index (χ0) is 19.1. The maximum atomic E-state index is 14.4. The zero-order valence-corrected chi connectivity index (χ0v) is 16.3. The summed E-state index contributed by atoms with van der Waals surface area (Å²) < 4.78 is 25.5. The fourth-order valence-electron chi connectivity index (χ4n) is 3.46. The van der Waals surface area contributed by atoms with Gasteiger partial charge in [-0.25, -0.2) is 4.39 Å². The van der Waals surface area contributed by atoms with Crippen LogP contribution >= 0.6 is 0 Å². The van der Waals surface area contributed by atoms with Crippen molar-refractivity contribution < 1.29 is 13.9 Å². The van der Waals surface area contributed by atoms with Gasteiger partial charge in [0.25, 0.3) is 0 Å². The van der Waals surface area contributed by atoms with Gasteiger partial charge in [-0.2, -0.15) is 0 Å². The first-order valence-electron chi connectivity index (χ1n) is 9.75. The third kappa shape index (κ3) is 4.92. The summed E-state index contributed by atoms with van der Waals surface area (Å²) >= 11 is 0. The number of benzene rings is 2. The van der Waals surface area contributed by atoms with E-state index in [2.05, 4.69) is 17.1 Å². The molecule has 0 radical (unpaired) electrons. The summed E-state index contributed by atoms with van der Waals surface area (Å²) in [7, 11) is 1.65. The van der Waals surface area contributed by atoms with Gasteiger partial charge in [0.15, 0.2) is 11.5 Å². The van der Waals surface area contributed by atoms with Crippen molar-refractivity contribution in [2.24, 2.45) is 0 Å². The average molecular weight is 372 g/mol. The van der Waals surface area contributed by atoms with Gasteiger partial charge < -0.3 is 19.7 Å². The number of halogens is 1. The second-order valence-electron chi connectivity index (χ2n) is 6.87. The summed E-state index contributed by atoms with van der Waals surface area (Å²) in [6.45, 7) is 5.89. The van der Waals surface area contributed by atoms with E-state index in [9.17, 15) is 4.39 Å². The Hall–Kier alpha value is -2.27. The number of rotatable bonds is 9. The lowest BCUT2D eigenvalue weighted by Gasteiger charge is -2.22. The quantitative estimate of drug-likeness (QED) is 0.702. The van der Waals surface area contributed by atoms with E-state index >= 15 is 0 Å². The van der Waals surface area contributed by atoms with Gasteiger partial charge in [0.05, 0.1) is 13.7 Å². The van der Waals surface area contributed by atoms with Crippen molar-refractivity contribution >= 4 is 5.69 Å². The third-order valence-corrected chi connectivity index (χ3v) is 4.86. The van der Waals surface area contributed by atoms with Crippen molar-refractivity contribution in [3.8, 4) is 11.5 Å². The fraction of sp³-hybridized carbons (Fsp3) is 0.455. The van der Waals surface area contributed by atoms with E-state index < -0.39 is 0 Å². The van der Waals surface area contributed by atoms with Crippen LogP contribution in [0.25, 0.3) is 0 Å². The van der Waals surface area contributed by atoms with Gasteiger partial charge in [-0.05, 0) is 49.1 Å². The highest BCUT2D eigenvalue weighted by atomic mass is 19.1. The number of hydrogen-bond donors (Lipinski definition) is 1. The molecule has 0 spiro atoms. The Labute approximate surface area is 161 Å². The minimum Gasteiger partial charge on any atom is -0.493 e. The van der Waals surface area contributed by atoms with Gasteiger partial charge >= 0.3 is 0 Å². The second-order valence-corrected chi connectivity index (χ2v) is 6.87. The SMILES string of the molecule is CCCOc1ccc(CNCc2c(F)cccc2N2CCCC2)cc1OC. The molecule has 0 aromatic heterocycles. The second kappa shape index (κ2) is 9.60. The first kappa shape index (κ1) is 19.5. The topological polar surface area (TPSA) is 33.7 Å². The third-order valence-electron chi connectivity index (χ3n) is 4.86. The smallest absolute Gasteiger partial charge is 0.161 e. The average Bonchev–Trinajstić information content (AvgIpc) is 3.22. The minimum absolute atomic E-state index is 0.146. The first-order chi connectivity index (χ1) is 13.2. The Bertz CT molecular complexity index is 745. The van der Waals surface area contributed by atoms with E-state index in [0.29, 0.717) is 19.7 Å². The predicted octanol–water partition coefficient (Wildman–Crippen LogP) is 4.51. The van der Waals surface area contributed by atoms with Gasteiger partial charge in [-0.1, -0.05) is 19.1 Å². The molecule has 2 aromatic rings. The summed E-state index contributed by atoms with van der Waals surface area (Å²) in [5, 5.41) is 3.37. The van der Waals surface area contributed by atoms with E-state index in [1.807, 2.05) is 24.3 Å². The zero-order valence-electron chi connectivity index (χ0n) is 16.3. The van der Waals surface area contributed by atoms with Crippen LogP contribution in [0, 0.1) is 5.82 Å². The predicted molar refractivity (Wildman–Crippen MR) is 107 cm³/mol. The molecule has 1 aliphatic rings. The number of ether oxygens (including phenoxy) is 2. The normalized spacial score (nSPS) is 13.8. The van der Waals surface area contributed by atoms with Crippen LogP contribution in [-0.2, 0) is 13.1 Å². The van der Waals surface area contributed by atoms with Crippen LogP contribution in [-0.4, -0.2) is 26.8 Å². The minimum atomic E-state index is -0.146. The van der Waals surface area contributed by atoms with Crippen LogP contribution in [0.5, 0.6) is 11.5 Å². The highest BCUT2D eigenvalue weighted by Crippen LogP contribution is 2.29. The number of nitrogens with one attached hydrogen (secondary N) is 1. The fourth-order valence-corrected chi connectivity index (χ4v) is 3.46. The number of hydrogen-bond acceptors (Lipinski definition) is 4. The summed E-state index contributed by atoms with van der Waals surface area (Å²) in [6, 6.07) is 11.3. The molecule has 4 nitrogen and oxygen atoms in total. The molecule has 0 atom stereocenters. The molecule has 0 bridgehead atoms. The summed E-state index contributed by atoms with van der Waals surface area (Å²) in [5.41, 5.74) is 2.84. The standard InChI is InChI=1S/C22H29FN2O2/c1-3-13-27-21-10-9-17(14-22(21)26-2)15-24-16-18-19(23)7-6-8-20(18)25-11-4-5-12-25/h6-10,14,24H,3-5,11-13,15-16H2,1-2H3. The van der Waals surface area contributed by atoms with E-state index in [1.165, 1.54) is 12.8 Å².